The number of thioether (sulfide) groups is 1. The molecule has 2 N–H and O–H groups in total. The Morgan fingerprint density at radius 2 is 1.82 bits per heavy atom. The lowest BCUT2D eigenvalue weighted by Gasteiger charge is -2.26. The average molecular weight is 468 g/mol. The molecule has 0 saturated carbocycles. The van der Waals surface area contributed by atoms with Gasteiger partial charge in [-0.3, -0.25) is 14.3 Å². The third-order valence-corrected chi connectivity index (χ3v) is 6.18. The minimum Gasteiger partial charge on any atom is -0.412 e. The van der Waals surface area contributed by atoms with E-state index in [1.54, 1.807) is 30.2 Å². The summed E-state index contributed by atoms with van der Waals surface area (Å²) in [7, 11) is 0. The SMILES string of the molecule is CSc1cn(-c2ncc(-c3ccc(F)cn3)cn2)c2cc(C(=O)N3CCOCC3)ccc12.O. The molecule has 1 saturated heterocycles. The molecular weight excluding hydrogens is 445 g/mol. The van der Waals surface area contributed by atoms with E-state index in [0.717, 1.165) is 15.8 Å². The number of halogens is 1. The lowest BCUT2D eigenvalue weighted by molar-refractivity contribution is 0.0303. The van der Waals surface area contributed by atoms with Gasteiger partial charge in [-0.2, -0.15) is 0 Å². The van der Waals surface area contributed by atoms with Crippen molar-refractivity contribution in [3.63, 3.8) is 0 Å². The molecule has 10 heteroatoms. The molecule has 4 heterocycles. The second kappa shape index (κ2) is 9.65. The maximum Gasteiger partial charge on any atom is 0.254 e. The Hall–Kier alpha value is -3.34. The van der Waals surface area contributed by atoms with Crippen LogP contribution >= 0.6 is 11.8 Å². The highest BCUT2D eigenvalue weighted by Crippen LogP contribution is 2.31. The molecule has 0 aliphatic carbocycles. The molecule has 4 aromatic rings. The average Bonchev–Trinajstić information content (AvgIpc) is 3.23. The number of hydrogen-bond acceptors (Lipinski definition) is 6. The zero-order valence-electron chi connectivity index (χ0n) is 17.9. The van der Waals surface area contributed by atoms with Gasteiger partial charge in [0.25, 0.3) is 5.91 Å². The minimum atomic E-state index is -0.392. The first-order valence-electron chi connectivity index (χ1n) is 10.1. The van der Waals surface area contributed by atoms with Crippen molar-refractivity contribution in [3.8, 4) is 17.2 Å². The van der Waals surface area contributed by atoms with E-state index in [4.69, 9.17) is 4.74 Å². The Bertz CT molecular complexity index is 1270. The first-order chi connectivity index (χ1) is 15.6. The molecule has 1 aliphatic heterocycles. The molecule has 3 aromatic heterocycles. The van der Waals surface area contributed by atoms with Crippen molar-refractivity contribution in [2.75, 3.05) is 32.6 Å². The summed E-state index contributed by atoms with van der Waals surface area (Å²) in [6.45, 7) is 2.31. The van der Waals surface area contributed by atoms with E-state index in [2.05, 4.69) is 15.0 Å². The molecule has 0 radical (unpaired) electrons. The lowest BCUT2D eigenvalue weighted by Crippen LogP contribution is -2.40. The third-order valence-electron chi connectivity index (χ3n) is 5.41. The summed E-state index contributed by atoms with van der Waals surface area (Å²) in [6, 6.07) is 8.68. The Morgan fingerprint density at radius 1 is 1.06 bits per heavy atom. The van der Waals surface area contributed by atoms with Crippen LogP contribution in [0.5, 0.6) is 0 Å². The highest BCUT2D eigenvalue weighted by atomic mass is 32.2. The van der Waals surface area contributed by atoms with Crippen molar-refractivity contribution in [1.29, 1.82) is 0 Å². The summed E-state index contributed by atoms with van der Waals surface area (Å²) in [5.74, 6) is 0.0848. The number of amides is 1. The molecule has 0 spiro atoms. The maximum absolute atomic E-state index is 13.1. The molecule has 0 bridgehead atoms. The summed E-state index contributed by atoms with van der Waals surface area (Å²) < 4.78 is 20.4. The zero-order valence-corrected chi connectivity index (χ0v) is 18.7. The lowest BCUT2D eigenvalue weighted by atomic mass is 10.1. The molecule has 1 fully saturated rings. The quantitative estimate of drug-likeness (QED) is 0.427. The first kappa shape index (κ1) is 22.8. The van der Waals surface area contributed by atoms with E-state index < -0.39 is 5.82 Å². The van der Waals surface area contributed by atoms with Gasteiger partial charge in [0.05, 0.1) is 30.6 Å². The molecule has 1 aliphatic rings. The predicted octanol–water partition coefficient (Wildman–Crippen LogP) is 2.99. The molecule has 1 amide bonds. The van der Waals surface area contributed by atoms with Gasteiger partial charge in [-0.25, -0.2) is 14.4 Å². The number of ether oxygens (including phenoxy) is 1. The zero-order chi connectivity index (χ0) is 22.1. The van der Waals surface area contributed by atoms with Gasteiger partial charge in [0.15, 0.2) is 0 Å². The monoisotopic (exact) mass is 467 g/mol. The van der Waals surface area contributed by atoms with Gasteiger partial charge in [0.2, 0.25) is 5.95 Å². The van der Waals surface area contributed by atoms with E-state index in [1.165, 1.54) is 12.3 Å². The second-order valence-electron chi connectivity index (χ2n) is 7.34. The van der Waals surface area contributed by atoms with Crippen molar-refractivity contribution < 1.29 is 19.4 Å². The summed E-state index contributed by atoms with van der Waals surface area (Å²) in [5.41, 5.74) is 2.77. The number of morpholine rings is 1. The Balaban J connectivity index is 0.00000259. The topological polar surface area (TPSA) is 105 Å². The van der Waals surface area contributed by atoms with Crippen LogP contribution in [-0.4, -0.2) is 68.4 Å². The van der Waals surface area contributed by atoms with Gasteiger partial charge in [-0.1, -0.05) is 6.07 Å². The van der Waals surface area contributed by atoms with Crippen molar-refractivity contribution in [1.82, 2.24) is 24.4 Å². The highest BCUT2D eigenvalue weighted by Gasteiger charge is 2.20. The fraction of sp³-hybridized carbons (Fsp3) is 0.217. The van der Waals surface area contributed by atoms with Gasteiger partial charge in [-0.05, 0) is 30.5 Å². The summed E-state index contributed by atoms with van der Waals surface area (Å²) in [4.78, 5) is 29.0. The number of fused-ring (bicyclic) bond motifs is 1. The number of nitrogens with zero attached hydrogens (tertiary/aromatic N) is 5. The van der Waals surface area contributed by atoms with Gasteiger partial charge in [-0.15, -0.1) is 11.8 Å². The number of pyridine rings is 1. The number of carbonyl (C=O) groups is 1. The van der Waals surface area contributed by atoms with Gasteiger partial charge in [0, 0.05) is 53.1 Å². The fourth-order valence-corrected chi connectivity index (χ4v) is 4.33. The van der Waals surface area contributed by atoms with E-state index in [1.807, 2.05) is 40.1 Å². The summed E-state index contributed by atoms with van der Waals surface area (Å²) in [6.07, 6.45) is 8.48. The summed E-state index contributed by atoms with van der Waals surface area (Å²) in [5, 5.41) is 1.03. The van der Waals surface area contributed by atoms with Crippen LogP contribution in [0.1, 0.15) is 10.4 Å². The van der Waals surface area contributed by atoms with Crippen LogP contribution in [0.4, 0.5) is 4.39 Å². The largest absolute Gasteiger partial charge is 0.412 e. The number of rotatable bonds is 4. The van der Waals surface area contributed by atoms with Crippen molar-refractivity contribution in [2.45, 2.75) is 4.90 Å². The molecule has 8 nitrogen and oxygen atoms in total. The molecule has 5 rings (SSSR count). The van der Waals surface area contributed by atoms with Crippen molar-refractivity contribution in [3.05, 3.63) is 66.5 Å². The van der Waals surface area contributed by atoms with Crippen LogP contribution in [0.25, 0.3) is 28.1 Å². The second-order valence-corrected chi connectivity index (χ2v) is 8.19. The number of hydrogen-bond donors (Lipinski definition) is 0. The molecule has 33 heavy (non-hydrogen) atoms. The van der Waals surface area contributed by atoms with Gasteiger partial charge < -0.3 is 15.1 Å². The van der Waals surface area contributed by atoms with Crippen LogP contribution in [0, 0.1) is 5.82 Å². The number of aromatic nitrogens is 4. The van der Waals surface area contributed by atoms with Crippen molar-refractivity contribution >= 4 is 28.6 Å². The summed E-state index contributed by atoms with van der Waals surface area (Å²) >= 11 is 1.62. The highest BCUT2D eigenvalue weighted by molar-refractivity contribution is 7.98. The van der Waals surface area contributed by atoms with E-state index in [9.17, 15) is 9.18 Å². The predicted molar refractivity (Wildman–Crippen MR) is 124 cm³/mol. The molecule has 170 valence electrons. The molecular formula is C23H22FN5O3S. The number of benzene rings is 1. The van der Waals surface area contributed by atoms with Crippen LogP contribution < -0.4 is 0 Å². The van der Waals surface area contributed by atoms with Crippen LogP contribution in [-0.2, 0) is 4.74 Å². The van der Waals surface area contributed by atoms with Crippen molar-refractivity contribution in [2.24, 2.45) is 0 Å². The molecule has 0 unspecified atom stereocenters. The van der Waals surface area contributed by atoms with Gasteiger partial charge in [0.1, 0.15) is 5.82 Å². The first-order valence-corrected chi connectivity index (χ1v) is 11.4. The molecule has 1 aromatic carbocycles. The smallest absolute Gasteiger partial charge is 0.254 e. The van der Waals surface area contributed by atoms with Crippen LogP contribution in [0.15, 0.2) is 60.0 Å². The Kier molecular flexibility index (Phi) is 6.68. The Labute approximate surface area is 193 Å². The van der Waals surface area contributed by atoms with Crippen LogP contribution in [0.2, 0.25) is 0 Å². The third kappa shape index (κ3) is 4.45. The fourth-order valence-electron chi connectivity index (χ4n) is 3.73. The van der Waals surface area contributed by atoms with E-state index in [-0.39, 0.29) is 11.4 Å². The van der Waals surface area contributed by atoms with Gasteiger partial charge >= 0.3 is 0 Å². The standard InChI is InChI=1S/C23H20FN5O2S.H2O/c1-32-21-14-29(23-26-11-16(12-27-23)19-5-3-17(24)13-25-19)20-10-15(2-4-18(20)21)22(30)28-6-8-31-9-7-28;/h2-5,10-14H,6-9H2,1H3;1H2. The molecule has 0 atom stereocenters. The minimum absolute atomic E-state index is 0. The van der Waals surface area contributed by atoms with E-state index >= 15 is 0 Å². The normalized spacial score (nSPS) is 13.7. The van der Waals surface area contributed by atoms with Crippen LogP contribution in [0.3, 0.4) is 0 Å². The maximum atomic E-state index is 13.1. The Morgan fingerprint density at radius 3 is 2.48 bits per heavy atom. The van der Waals surface area contributed by atoms with E-state index in [0.29, 0.717) is 49.1 Å². The number of carbonyl (C=O) groups excluding carboxylic acids is 1.